The maximum atomic E-state index is 8.02. The summed E-state index contributed by atoms with van der Waals surface area (Å²) in [5.41, 5.74) is 0.234. The van der Waals surface area contributed by atoms with Crippen molar-refractivity contribution >= 4 is 46.2 Å². The molecular weight excluding hydrogens is 355 g/mol. The van der Waals surface area contributed by atoms with Gasteiger partial charge in [-0.3, -0.25) is 5.41 Å². The summed E-state index contributed by atoms with van der Waals surface area (Å²) in [5.74, 6) is 2.85. The van der Waals surface area contributed by atoms with Gasteiger partial charge in [0.05, 0.1) is 16.7 Å². The zero-order valence-electron chi connectivity index (χ0n) is 13.4. The van der Waals surface area contributed by atoms with Gasteiger partial charge in [-0.1, -0.05) is 79.8 Å². The van der Waals surface area contributed by atoms with Crippen molar-refractivity contribution in [3.8, 4) is 12.0 Å². The molecule has 23 heavy (non-hydrogen) atoms. The van der Waals surface area contributed by atoms with Crippen molar-refractivity contribution in [2.45, 2.75) is 52.4 Å². The van der Waals surface area contributed by atoms with Crippen LogP contribution in [0.3, 0.4) is 0 Å². The van der Waals surface area contributed by atoms with E-state index < -0.39 is 0 Å². The zero-order valence-corrected chi connectivity index (χ0v) is 15.7. The second-order valence-electron chi connectivity index (χ2n) is 5.08. The van der Waals surface area contributed by atoms with E-state index in [-0.39, 0.29) is 38.0 Å². The maximum absolute atomic E-state index is 8.02. The van der Waals surface area contributed by atoms with Crippen LogP contribution in [-0.4, -0.2) is 18.0 Å². The number of aliphatic imine (C=N–C) groups is 1. The number of ether oxygens (including phenoxy) is 1. The summed E-state index contributed by atoms with van der Waals surface area (Å²) in [6, 6.07) is 2.55. The van der Waals surface area contributed by atoms with Crippen LogP contribution < -0.4 is 0 Å². The normalized spacial score (nSPS) is 16.7. The molecule has 1 aliphatic carbocycles. The predicted octanol–water partition coefficient (Wildman–Crippen LogP) is 6.94. The Morgan fingerprint density at radius 1 is 1.04 bits per heavy atom. The Labute approximate surface area is 159 Å². The molecule has 134 valence electrons. The molecule has 3 nitrogen and oxygen atoms in total. The lowest BCUT2D eigenvalue weighted by molar-refractivity contribution is 0.222. The van der Waals surface area contributed by atoms with Gasteiger partial charge < -0.3 is 4.74 Å². The Morgan fingerprint density at radius 2 is 1.70 bits per heavy atom. The summed E-state index contributed by atoms with van der Waals surface area (Å²) < 4.78 is 5.66. The third-order valence-electron chi connectivity index (χ3n) is 3.28. The largest absolute Gasteiger partial charge is 0.490 e. The topological polar surface area (TPSA) is 45.4 Å². The first-order valence-electron chi connectivity index (χ1n) is 7.71. The van der Waals surface area contributed by atoms with E-state index in [9.17, 15) is 0 Å². The molecule has 0 aromatic rings. The predicted molar refractivity (Wildman–Crippen MR) is 108 cm³/mol. The lowest BCUT2D eigenvalue weighted by atomic mass is 10.1. The third kappa shape index (κ3) is 5.88. The van der Waals surface area contributed by atoms with E-state index in [1.54, 1.807) is 6.92 Å². The van der Waals surface area contributed by atoms with Crippen LogP contribution in [0.25, 0.3) is 0 Å². The first-order valence-corrected chi connectivity index (χ1v) is 8.85. The van der Waals surface area contributed by atoms with Crippen LogP contribution in [-0.2, 0) is 4.74 Å². The van der Waals surface area contributed by atoms with Crippen LogP contribution in [0.5, 0.6) is 0 Å². The number of nitrogens with one attached hydrogen (secondary N) is 1. The van der Waals surface area contributed by atoms with E-state index >= 15 is 0 Å². The number of nitrogens with zero attached hydrogens (tertiary/aromatic N) is 1. The summed E-state index contributed by atoms with van der Waals surface area (Å²) in [6.07, 6.45) is 6.91. The summed E-state index contributed by atoms with van der Waals surface area (Å²) in [7, 11) is 0. The monoisotopic (exact) mass is 382 g/mol. The number of hydrogen-bond acceptors (Lipinski definition) is 3. The van der Waals surface area contributed by atoms with Gasteiger partial charge in [-0.05, 0) is 13.3 Å². The Hall–Kier alpha value is -0.950. The Kier molecular flexibility index (Phi) is 9.40. The van der Waals surface area contributed by atoms with Crippen LogP contribution in [0.4, 0.5) is 0 Å². The number of allylic oxidation sites excluding steroid dienone is 3. The molecule has 0 bridgehead atoms. The molecule has 1 aliphatic rings. The Balaban J connectivity index is -0.000000661. The van der Waals surface area contributed by atoms with E-state index in [1.807, 2.05) is 0 Å². The lowest BCUT2D eigenvalue weighted by Gasteiger charge is -2.19. The van der Waals surface area contributed by atoms with Gasteiger partial charge in [0.15, 0.2) is 5.76 Å². The highest BCUT2D eigenvalue weighted by Crippen LogP contribution is 2.33. The van der Waals surface area contributed by atoms with E-state index in [0.29, 0.717) is 6.61 Å². The molecular formula is C17H29Cl3N2O. The van der Waals surface area contributed by atoms with Gasteiger partial charge in [-0.2, -0.15) is 4.99 Å². The van der Waals surface area contributed by atoms with Crippen molar-refractivity contribution in [1.82, 2.24) is 0 Å². The molecule has 1 N–H and O–H groups in total. The van der Waals surface area contributed by atoms with E-state index in [1.165, 1.54) is 25.7 Å². The summed E-state index contributed by atoms with van der Waals surface area (Å²) >= 11 is 18.4. The summed E-state index contributed by atoms with van der Waals surface area (Å²) in [5, 5.41) is 8.39. The molecule has 0 fully saturated rings. The highest BCUT2D eigenvalue weighted by Gasteiger charge is 2.29. The van der Waals surface area contributed by atoms with Gasteiger partial charge in [-0.15, -0.1) is 0 Å². The minimum atomic E-state index is -0.0175. The van der Waals surface area contributed by atoms with E-state index in [2.05, 4.69) is 23.9 Å². The summed E-state index contributed by atoms with van der Waals surface area (Å²) in [6.45, 7) is 4.33. The van der Waals surface area contributed by atoms with Crippen molar-refractivity contribution in [1.29, 1.82) is 5.41 Å². The standard InChI is InChI=1S/C17H21Cl3N2O.4H2/c1-3-5-6-7-8-9-11-23-17-14(20)16(22-10-4-2)13(19)12(18)15(17)21;;;;/h21H,3,5-9,11H2,1-2H3;4*1H. The molecule has 6 heteroatoms. The van der Waals surface area contributed by atoms with Crippen molar-refractivity contribution in [2.75, 3.05) is 6.61 Å². The van der Waals surface area contributed by atoms with Gasteiger partial charge in [0.2, 0.25) is 0 Å². The molecule has 0 radical (unpaired) electrons. The molecule has 0 aromatic heterocycles. The highest BCUT2D eigenvalue weighted by atomic mass is 35.5. The molecule has 1 rings (SSSR count). The molecule has 0 saturated heterocycles. The van der Waals surface area contributed by atoms with Crippen LogP contribution >= 0.6 is 34.8 Å². The van der Waals surface area contributed by atoms with Gasteiger partial charge in [0.1, 0.15) is 16.5 Å². The Bertz CT molecular complexity index is 611. The minimum Gasteiger partial charge on any atom is -0.490 e. The average Bonchev–Trinajstić information content (AvgIpc) is 2.55. The van der Waals surface area contributed by atoms with Crippen LogP contribution in [0.2, 0.25) is 0 Å². The average molecular weight is 384 g/mol. The van der Waals surface area contributed by atoms with Crippen molar-refractivity contribution in [2.24, 2.45) is 4.99 Å². The first-order chi connectivity index (χ1) is 11.0. The molecule has 0 unspecified atom stereocenters. The molecule has 0 spiro atoms. The van der Waals surface area contributed by atoms with Crippen LogP contribution in [0, 0.1) is 17.4 Å². The number of hydrogen-bond donors (Lipinski definition) is 1. The van der Waals surface area contributed by atoms with Crippen molar-refractivity contribution in [3.05, 3.63) is 20.9 Å². The van der Waals surface area contributed by atoms with Crippen LogP contribution in [0.1, 0.15) is 58.1 Å². The molecule has 0 saturated carbocycles. The molecule has 0 amide bonds. The second kappa shape index (κ2) is 10.8. The smallest absolute Gasteiger partial charge is 0.166 e. The van der Waals surface area contributed by atoms with Crippen molar-refractivity contribution in [3.63, 3.8) is 0 Å². The SMILES string of the molecule is CC#CN=C1C(Cl)=C(Cl)C(=N)C(OCCCCCCCC)=C1Cl.[HH].[HH].[HH].[HH]. The fourth-order valence-corrected chi connectivity index (χ4v) is 2.77. The van der Waals surface area contributed by atoms with Gasteiger partial charge in [-0.25, -0.2) is 0 Å². The molecule has 0 heterocycles. The second-order valence-corrected chi connectivity index (χ2v) is 6.22. The summed E-state index contributed by atoms with van der Waals surface area (Å²) in [4.78, 5) is 3.99. The minimum absolute atomic E-state index is 0. The fraction of sp³-hybridized carbons (Fsp3) is 0.529. The maximum Gasteiger partial charge on any atom is 0.166 e. The lowest BCUT2D eigenvalue weighted by Crippen LogP contribution is -2.19. The number of unbranched alkanes of at least 4 members (excludes halogenated alkanes) is 5. The van der Waals surface area contributed by atoms with Gasteiger partial charge in [0.25, 0.3) is 0 Å². The van der Waals surface area contributed by atoms with Crippen molar-refractivity contribution < 1.29 is 10.4 Å². The quantitative estimate of drug-likeness (QED) is 0.275. The van der Waals surface area contributed by atoms with Gasteiger partial charge in [0, 0.05) is 11.8 Å². The van der Waals surface area contributed by atoms with E-state index in [4.69, 9.17) is 44.9 Å². The molecule has 0 aromatic carbocycles. The van der Waals surface area contributed by atoms with Crippen LogP contribution in [0.15, 0.2) is 25.8 Å². The Morgan fingerprint density at radius 3 is 2.35 bits per heavy atom. The first kappa shape index (κ1) is 20.1. The third-order valence-corrected chi connectivity index (χ3v) is 4.47. The highest BCUT2D eigenvalue weighted by molar-refractivity contribution is 6.65. The van der Waals surface area contributed by atoms with E-state index in [0.717, 1.165) is 12.8 Å². The molecule has 0 atom stereocenters. The number of rotatable bonds is 8. The number of halogens is 3. The zero-order chi connectivity index (χ0) is 17.2. The molecule has 0 aliphatic heterocycles. The fourth-order valence-electron chi connectivity index (χ4n) is 2.03. The van der Waals surface area contributed by atoms with Gasteiger partial charge >= 0.3 is 0 Å².